The summed E-state index contributed by atoms with van der Waals surface area (Å²) in [5, 5.41) is -0.597. The van der Waals surface area contributed by atoms with E-state index in [0.29, 0.717) is 4.90 Å². The van der Waals surface area contributed by atoms with Crippen molar-refractivity contribution >= 4 is 16.1 Å². The predicted octanol–water partition coefficient (Wildman–Crippen LogP) is 0.871. The molecule has 62 valence electrons. The quantitative estimate of drug-likeness (QED) is 0.679. The Morgan fingerprint density at radius 1 is 1.17 bits per heavy atom. The van der Waals surface area contributed by atoms with Gasteiger partial charge in [0.2, 0.25) is 9.84 Å². The summed E-state index contributed by atoms with van der Waals surface area (Å²) in [6.07, 6.45) is 1.43. The van der Waals surface area contributed by atoms with E-state index in [1.54, 1.807) is 30.3 Å². The lowest BCUT2D eigenvalue weighted by molar-refractivity contribution is 0.595. The lowest BCUT2D eigenvalue weighted by atomic mass is 10.4. The van der Waals surface area contributed by atoms with Crippen LogP contribution < -0.4 is 0 Å². The molecular formula is C8H7NO2S. The van der Waals surface area contributed by atoms with Crippen molar-refractivity contribution in [3.63, 3.8) is 0 Å². The zero-order valence-corrected chi connectivity index (χ0v) is 7.03. The maximum atomic E-state index is 11.5. The Labute approximate surface area is 70.7 Å². The molecule has 0 amide bonds. The standard InChI is InChI=1S/C8H7NO2S/c10-12(11,8-6-9-8)7-4-2-1-3-5-7/h1-6,8H. The highest BCUT2D eigenvalue weighted by Gasteiger charge is 2.31. The van der Waals surface area contributed by atoms with Crippen molar-refractivity contribution in [2.24, 2.45) is 4.99 Å². The van der Waals surface area contributed by atoms with E-state index in [1.165, 1.54) is 6.21 Å². The minimum atomic E-state index is -3.19. The summed E-state index contributed by atoms with van der Waals surface area (Å²) < 4.78 is 22.9. The molecule has 4 heteroatoms. The van der Waals surface area contributed by atoms with E-state index in [4.69, 9.17) is 0 Å². The van der Waals surface area contributed by atoms with E-state index < -0.39 is 15.2 Å². The van der Waals surface area contributed by atoms with Crippen molar-refractivity contribution in [1.82, 2.24) is 0 Å². The van der Waals surface area contributed by atoms with Crippen molar-refractivity contribution in [2.45, 2.75) is 10.3 Å². The summed E-state index contributed by atoms with van der Waals surface area (Å²) in [7, 11) is -3.19. The van der Waals surface area contributed by atoms with Crippen molar-refractivity contribution in [1.29, 1.82) is 0 Å². The highest BCUT2D eigenvalue weighted by atomic mass is 32.2. The molecule has 0 aliphatic carbocycles. The van der Waals surface area contributed by atoms with Crippen LogP contribution in [0.2, 0.25) is 0 Å². The average molecular weight is 181 g/mol. The first kappa shape index (κ1) is 7.49. The smallest absolute Gasteiger partial charge is 0.206 e. The van der Waals surface area contributed by atoms with Crippen molar-refractivity contribution in [2.75, 3.05) is 0 Å². The van der Waals surface area contributed by atoms with Crippen LogP contribution in [-0.2, 0) is 9.84 Å². The molecular weight excluding hydrogens is 174 g/mol. The molecule has 1 aromatic carbocycles. The Morgan fingerprint density at radius 2 is 1.75 bits per heavy atom. The van der Waals surface area contributed by atoms with Gasteiger partial charge in [0.15, 0.2) is 5.37 Å². The molecule has 0 radical (unpaired) electrons. The highest BCUT2D eigenvalue weighted by Crippen LogP contribution is 2.20. The Morgan fingerprint density at radius 3 is 2.25 bits per heavy atom. The number of hydrogen-bond acceptors (Lipinski definition) is 3. The minimum Gasteiger partial charge on any atom is -0.268 e. The van der Waals surface area contributed by atoms with Gasteiger partial charge in [0.1, 0.15) is 0 Å². The van der Waals surface area contributed by atoms with Crippen LogP contribution in [0.5, 0.6) is 0 Å². The maximum Gasteiger partial charge on any atom is 0.206 e. The second kappa shape index (κ2) is 2.42. The second-order valence-electron chi connectivity index (χ2n) is 2.55. The molecule has 0 aromatic heterocycles. The lowest BCUT2D eigenvalue weighted by Crippen LogP contribution is -2.09. The van der Waals surface area contributed by atoms with Crippen molar-refractivity contribution < 1.29 is 8.42 Å². The molecule has 1 atom stereocenters. The van der Waals surface area contributed by atoms with Crippen LogP contribution in [0.3, 0.4) is 0 Å². The summed E-state index contributed by atoms with van der Waals surface area (Å²) in [5.41, 5.74) is 0. The Kier molecular flexibility index (Phi) is 1.51. The van der Waals surface area contributed by atoms with Gasteiger partial charge >= 0.3 is 0 Å². The molecule has 12 heavy (non-hydrogen) atoms. The third-order valence-corrected chi connectivity index (χ3v) is 3.47. The minimum absolute atomic E-state index is 0.340. The number of sulfone groups is 1. The fourth-order valence-corrected chi connectivity index (χ4v) is 2.15. The summed E-state index contributed by atoms with van der Waals surface area (Å²) in [4.78, 5) is 3.98. The normalized spacial score (nSPS) is 20.8. The van der Waals surface area contributed by atoms with E-state index in [2.05, 4.69) is 4.99 Å². The van der Waals surface area contributed by atoms with Crippen LogP contribution in [0.15, 0.2) is 40.2 Å². The second-order valence-corrected chi connectivity index (χ2v) is 4.59. The molecule has 1 unspecified atom stereocenters. The number of hydrogen-bond donors (Lipinski definition) is 0. The van der Waals surface area contributed by atoms with Gasteiger partial charge in [0.25, 0.3) is 0 Å². The van der Waals surface area contributed by atoms with Crippen molar-refractivity contribution in [3.8, 4) is 0 Å². The van der Waals surface area contributed by atoms with E-state index in [1.807, 2.05) is 0 Å². The molecule has 0 N–H and O–H groups in total. The van der Waals surface area contributed by atoms with Gasteiger partial charge in [0, 0.05) is 6.21 Å². The molecule has 3 nitrogen and oxygen atoms in total. The fourth-order valence-electron chi connectivity index (χ4n) is 0.945. The van der Waals surface area contributed by atoms with Gasteiger partial charge in [-0.05, 0) is 12.1 Å². The van der Waals surface area contributed by atoms with Crippen LogP contribution in [0.4, 0.5) is 0 Å². The zero-order valence-electron chi connectivity index (χ0n) is 6.21. The predicted molar refractivity (Wildman–Crippen MR) is 45.9 cm³/mol. The number of benzene rings is 1. The third kappa shape index (κ3) is 1.14. The van der Waals surface area contributed by atoms with Gasteiger partial charge in [-0.3, -0.25) is 4.99 Å². The van der Waals surface area contributed by atoms with E-state index in [0.717, 1.165) is 0 Å². The number of nitrogens with zero attached hydrogens (tertiary/aromatic N) is 1. The molecule has 1 aliphatic heterocycles. The van der Waals surface area contributed by atoms with E-state index in [-0.39, 0.29) is 0 Å². The van der Waals surface area contributed by atoms with Gasteiger partial charge in [0.05, 0.1) is 4.90 Å². The zero-order chi connectivity index (χ0) is 8.60. The van der Waals surface area contributed by atoms with Gasteiger partial charge in [-0.15, -0.1) is 0 Å². The molecule has 2 rings (SSSR count). The summed E-state index contributed by atoms with van der Waals surface area (Å²) >= 11 is 0. The Hall–Kier alpha value is -1.16. The van der Waals surface area contributed by atoms with Gasteiger partial charge in [-0.25, -0.2) is 8.42 Å². The van der Waals surface area contributed by atoms with E-state index >= 15 is 0 Å². The van der Waals surface area contributed by atoms with Crippen LogP contribution in [0, 0.1) is 0 Å². The third-order valence-electron chi connectivity index (χ3n) is 1.66. The monoisotopic (exact) mass is 181 g/mol. The molecule has 1 aromatic rings. The molecule has 1 heterocycles. The first-order chi connectivity index (χ1) is 5.71. The molecule has 0 saturated carbocycles. The SMILES string of the molecule is O=S(=O)(c1ccccc1)C1C=N1. The first-order valence-electron chi connectivity index (χ1n) is 3.53. The van der Waals surface area contributed by atoms with Gasteiger partial charge < -0.3 is 0 Å². The Balaban J connectivity index is 2.43. The largest absolute Gasteiger partial charge is 0.268 e. The molecule has 0 fully saturated rings. The average Bonchev–Trinajstić information content (AvgIpc) is 2.88. The first-order valence-corrected chi connectivity index (χ1v) is 5.08. The topological polar surface area (TPSA) is 46.5 Å². The molecule has 0 bridgehead atoms. The lowest BCUT2D eigenvalue weighted by Gasteiger charge is -1.98. The highest BCUT2D eigenvalue weighted by molar-refractivity contribution is 7.93. The summed E-state index contributed by atoms with van der Waals surface area (Å²) in [6, 6.07) is 8.35. The summed E-state index contributed by atoms with van der Waals surface area (Å²) in [6.45, 7) is 0. The Bertz CT molecular complexity index is 402. The molecule has 0 spiro atoms. The van der Waals surface area contributed by atoms with Crippen LogP contribution >= 0.6 is 0 Å². The van der Waals surface area contributed by atoms with Crippen LogP contribution in [0.1, 0.15) is 0 Å². The fraction of sp³-hybridized carbons (Fsp3) is 0.125. The van der Waals surface area contributed by atoms with E-state index in [9.17, 15) is 8.42 Å². The van der Waals surface area contributed by atoms with Gasteiger partial charge in [-0.2, -0.15) is 0 Å². The molecule has 1 aliphatic rings. The van der Waals surface area contributed by atoms with Crippen molar-refractivity contribution in [3.05, 3.63) is 30.3 Å². The number of aliphatic imine (C=N–C) groups is 1. The number of rotatable bonds is 2. The molecule has 0 saturated heterocycles. The van der Waals surface area contributed by atoms with Gasteiger partial charge in [-0.1, -0.05) is 18.2 Å². The van der Waals surface area contributed by atoms with Crippen LogP contribution in [-0.4, -0.2) is 20.0 Å². The summed E-state index contributed by atoms with van der Waals surface area (Å²) in [5.74, 6) is 0. The maximum absolute atomic E-state index is 11.5. The van der Waals surface area contributed by atoms with Crippen LogP contribution in [0.25, 0.3) is 0 Å².